The quantitative estimate of drug-likeness (QED) is 0.559. The third-order valence-corrected chi connectivity index (χ3v) is 0.471. The predicted molar refractivity (Wildman–Crippen MR) is 21.7 cm³/mol. The van der Waals surface area contributed by atoms with Gasteiger partial charge in [0.2, 0.25) is 0 Å². The van der Waals surface area contributed by atoms with E-state index >= 15 is 0 Å². The molecular formula is C4H9OY-. The molecule has 0 aromatic rings. The van der Waals surface area contributed by atoms with Crippen LogP contribution >= 0.6 is 0 Å². The minimum atomic E-state index is -0.366. The minimum absolute atomic E-state index is 0. The molecule has 0 aliphatic heterocycles. The second-order valence-electron chi connectivity index (χ2n) is 1.06. The van der Waals surface area contributed by atoms with Crippen molar-refractivity contribution in [3.8, 4) is 0 Å². The fourth-order valence-corrected chi connectivity index (χ4v) is 0. The van der Waals surface area contributed by atoms with Crippen LogP contribution in [0, 0.1) is 6.92 Å². The molecule has 0 saturated carbocycles. The Labute approximate surface area is 64.0 Å². The summed E-state index contributed by atoms with van der Waals surface area (Å²) in [7, 11) is 0. The summed E-state index contributed by atoms with van der Waals surface area (Å²) in [6.07, 6.45) is 0.384. The van der Waals surface area contributed by atoms with Crippen molar-refractivity contribution in [2.45, 2.75) is 19.4 Å². The van der Waals surface area contributed by atoms with Crippen LogP contribution in [0.1, 0.15) is 13.3 Å². The normalized spacial score (nSPS) is 12.5. The molecule has 0 unspecified atom stereocenters. The number of aliphatic hydroxyl groups excluding tert-OH is 1. The Morgan fingerprint density at radius 3 is 2.00 bits per heavy atom. The van der Waals surface area contributed by atoms with Crippen molar-refractivity contribution >= 4 is 0 Å². The molecule has 0 saturated heterocycles. The molecule has 0 aromatic carbocycles. The summed E-state index contributed by atoms with van der Waals surface area (Å²) in [5.74, 6) is 0. The van der Waals surface area contributed by atoms with Crippen molar-refractivity contribution in [3.63, 3.8) is 0 Å². The zero-order valence-corrected chi connectivity index (χ0v) is 6.85. The molecule has 1 radical (unpaired) electrons. The Bertz CT molecular complexity index is 21.5. The Balaban J connectivity index is 0. The summed E-state index contributed by atoms with van der Waals surface area (Å²) in [6, 6.07) is 0. The van der Waals surface area contributed by atoms with Gasteiger partial charge in [0, 0.05) is 32.7 Å². The Hall–Kier alpha value is 1.06. The average molecular weight is 162 g/mol. The molecule has 0 aliphatic rings. The van der Waals surface area contributed by atoms with E-state index < -0.39 is 0 Å². The van der Waals surface area contributed by atoms with Crippen LogP contribution in [-0.2, 0) is 32.7 Å². The molecule has 0 aromatic heterocycles. The maximum atomic E-state index is 8.25. The number of aliphatic hydroxyl groups is 1. The third-order valence-electron chi connectivity index (χ3n) is 0.471. The van der Waals surface area contributed by atoms with Crippen LogP contribution in [0.2, 0.25) is 0 Å². The van der Waals surface area contributed by atoms with Gasteiger partial charge in [-0.05, 0) is 0 Å². The van der Waals surface area contributed by atoms with Gasteiger partial charge in [-0.25, -0.2) is 0 Å². The third kappa shape index (κ3) is 8.91. The topological polar surface area (TPSA) is 20.2 Å². The maximum Gasteiger partial charge on any atom is 0 e. The van der Waals surface area contributed by atoms with Crippen molar-refractivity contribution in [3.05, 3.63) is 6.92 Å². The molecule has 0 amide bonds. The smallest absolute Gasteiger partial charge is 0 e. The summed E-state index contributed by atoms with van der Waals surface area (Å²) in [5.41, 5.74) is 0. The van der Waals surface area contributed by atoms with E-state index in [1.54, 1.807) is 0 Å². The number of rotatable bonds is 1. The molecule has 0 heterocycles. The summed E-state index contributed by atoms with van der Waals surface area (Å²) in [6.45, 7) is 5.20. The first-order chi connectivity index (χ1) is 2.27. The molecule has 6 heavy (non-hydrogen) atoms. The first-order valence-electron chi connectivity index (χ1n) is 1.78. The van der Waals surface area contributed by atoms with Crippen molar-refractivity contribution in [1.29, 1.82) is 0 Å². The monoisotopic (exact) mass is 162 g/mol. The van der Waals surface area contributed by atoms with Gasteiger partial charge < -0.3 is 12.0 Å². The molecule has 1 atom stereocenters. The molecule has 0 bridgehead atoms. The largest absolute Gasteiger partial charge is 0.425 e. The van der Waals surface area contributed by atoms with Gasteiger partial charge >= 0.3 is 0 Å². The van der Waals surface area contributed by atoms with E-state index in [0.29, 0.717) is 0 Å². The van der Waals surface area contributed by atoms with Crippen LogP contribution in [0.4, 0.5) is 0 Å². The van der Waals surface area contributed by atoms with Crippen LogP contribution in [0.15, 0.2) is 0 Å². The molecule has 0 fully saturated rings. The first-order valence-corrected chi connectivity index (χ1v) is 1.78. The van der Waals surface area contributed by atoms with E-state index in [0.717, 1.165) is 6.42 Å². The molecule has 0 aliphatic carbocycles. The molecular weight excluding hydrogens is 153 g/mol. The maximum absolute atomic E-state index is 8.25. The fraction of sp³-hybridized carbons (Fsp3) is 0.750. The zero-order valence-electron chi connectivity index (χ0n) is 4.02. The SMILES string of the molecule is [CH2-][C@H](O)CC.[Y]. The van der Waals surface area contributed by atoms with Gasteiger partial charge in [-0.2, -0.15) is 0 Å². The van der Waals surface area contributed by atoms with Gasteiger partial charge in [-0.3, -0.25) is 0 Å². The van der Waals surface area contributed by atoms with Gasteiger partial charge in [-0.15, -0.1) is 0 Å². The summed E-state index contributed by atoms with van der Waals surface area (Å²) in [4.78, 5) is 0. The minimum Gasteiger partial charge on any atom is -0.425 e. The van der Waals surface area contributed by atoms with Crippen LogP contribution in [0.3, 0.4) is 0 Å². The van der Waals surface area contributed by atoms with Gasteiger partial charge in [-0.1, -0.05) is 19.4 Å². The summed E-state index contributed by atoms with van der Waals surface area (Å²) >= 11 is 0. The van der Waals surface area contributed by atoms with Crippen LogP contribution in [-0.4, -0.2) is 11.2 Å². The van der Waals surface area contributed by atoms with Gasteiger partial charge in [0.15, 0.2) is 0 Å². The second kappa shape index (κ2) is 6.06. The standard InChI is InChI=1S/C4H9O.Y/c1-3-4(2)5;/h4-5H,2-3H2,1H3;/q-1;/t4-;/m0./s1. The van der Waals surface area contributed by atoms with Crippen LogP contribution in [0.25, 0.3) is 0 Å². The van der Waals surface area contributed by atoms with Crippen LogP contribution < -0.4 is 0 Å². The average Bonchev–Trinajstić information content (AvgIpc) is 1.38. The molecule has 0 spiro atoms. The van der Waals surface area contributed by atoms with Crippen molar-refractivity contribution in [2.24, 2.45) is 0 Å². The van der Waals surface area contributed by atoms with Crippen molar-refractivity contribution in [1.82, 2.24) is 0 Å². The second-order valence-corrected chi connectivity index (χ2v) is 1.06. The number of hydrogen-bond donors (Lipinski definition) is 1. The molecule has 0 rings (SSSR count). The van der Waals surface area contributed by atoms with E-state index in [1.165, 1.54) is 0 Å². The molecule has 1 nitrogen and oxygen atoms in total. The summed E-state index contributed by atoms with van der Waals surface area (Å²) in [5, 5.41) is 8.25. The molecule has 35 valence electrons. The molecule has 1 N–H and O–H groups in total. The zero-order chi connectivity index (χ0) is 4.28. The Morgan fingerprint density at radius 2 is 2.00 bits per heavy atom. The van der Waals surface area contributed by atoms with Gasteiger partial charge in [0.1, 0.15) is 0 Å². The Kier molecular flexibility index (Phi) is 10.2. The fourth-order valence-electron chi connectivity index (χ4n) is 0. The molecule has 2 heteroatoms. The number of hydrogen-bond acceptors (Lipinski definition) is 1. The predicted octanol–water partition coefficient (Wildman–Crippen LogP) is 0.589. The van der Waals surface area contributed by atoms with E-state index in [2.05, 4.69) is 6.92 Å². The first kappa shape index (κ1) is 10.1. The van der Waals surface area contributed by atoms with E-state index in [-0.39, 0.29) is 38.8 Å². The van der Waals surface area contributed by atoms with Crippen molar-refractivity contribution in [2.75, 3.05) is 0 Å². The Morgan fingerprint density at radius 1 is 1.83 bits per heavy atom. The van der Waals surface area contributed by atoms with Crippen LogP contribution in [0.5, 0.6) is 0 Å². The van der Waals surface area contributed by atoms with Gasteiger partial charge in [0.25, 0.3) is 0 Å². The van der Waals surface area contributed by atoms with Gasteiger partial charge in [0.05, 0.1) is 0 Å². The van der Waals surface area contributed by atoms with E-state index in [4.69, 9.17) is 5.11 Å². The summed E-state index contributed by atoms with van der Waals surface area (Å²) < 4.78 is 0. The van der Waals surface area contributed by atoms with E-state index in [1.807, 2.05) is 6.92 Å². The van der Waals surface area contributed by atoms with E-state index in [9.17, 15) is 0 Å². The van der Waals surface area contributed by atoms with Crippen molar-refractivity contribution < 1.29 is 37.8 Å².